The summed E-state index contributed by atoms with van der Waals surface area (Å²) in [5, 5.41) is 6.46. The number of carbonyl (C=O) groups excluding carboxylic acids is 1. The Bertz CT molecular complexity index is 847. The Morgan fingerprint density at radius 3 is 2.92 bits per heavy atom. The van der Waals surface area contributed by atoms with Crippen molar-refractivity contribution >= 4 is 29.1 Å². The standard InChI is InChI=1S/C18H17Cl2F2N3O/c1-25-9-13(16(24-25)17(21)22)18(26)23-14-7-3-5-11-10(8-15(19)20)4-2-6-12(11)14/h3,5,7,9,11-12,17H,2,4,6H2,1H3,(H,23,26). The van der Waals surface area contributed by atoms with Gasteiger partial charge in [0.1, 0.15) is 10.2 Å². The minimum absolute atomic E-state index is 0.0274. The Morgan fingerprint density at radius 1 is 1.46 bits per heavy atom. The van der Waals surface area contributed by atoms with Gasteiger partial charge in [-0.2, -0.15) is 5.10 Å². The molecule has 1 aromatic rings. The zero-order valence-electron chi connectivity index (χ0n) is 14.0. The molecule has 4 nitrogen and oxygen atoms in total. The zero-order valence-corrected chi connectivity index (χ0v) is 15.5. The van der Waals surface area contributed by atoms with Crippen LogP contribution in [0.4, 0.5) is 8.78 Å². The van der Waals surface area contributed by atoms with Gasteiger partial charge < -0.3 is 5.32 Å². The first kappa shape index (κ1) is 18.9. The average Bonchev–Trinajstić information content (AvgIpc) is 2.97. The maximum Gasteiger partial charge on any atom is 0.282 e. The molecule has 138 valence electrons. The highest BCUT2D eigenvalue weighted by atomic mass is 35.5. The molecule has 1 fully saturated rings. The molecule has 1 amide bonds. The third-order valence-corrected chi connectivity index (χ3v) is 4.80. The Hall–Kier alpha value is -1.88. The maximum absolute atomic E-state index is 13.1. The van der Waals surface area contributed by atoms with Crippen molar-refractivity contribution in [3.8, 4) is 0 Å². The quantitative estimate of drug-likeness (QED) is 0.741. The maximum atomic E-state index is 13.1. The van der Waals surface area contributed by atoms with Crippen molar-refractivity contribution < 1.29 is 13.6 Å². The number of carbonyl (C=O) groups is 1. The van der Waals surface area contributed by atoms with E-state index in [4.69, 9.17) is 23.2 Å². The summed E-state index contributed by atoms with van der Waals surface area (Å²) in [5.41, 5.74) is 4.00. The summed E-state index contributed by atoms with van der Waals surface area (Å²) in [6, 6.07) is 0. The van der Waals surface area contributed by atoms with Crippen molar-refractivity contribution in [2.75, 3.05) is 0 Å². The van der Waals surface area contributed by atoms with Crippen molar-refractivity contribution in [2.24, 2.45) is 18.9 Å². The monoisotopic (exact) mass is 399 g/mol. The van der Waals surface area contributed by atoms with Gasteiger partial charge in [-0.3, -0.25) is 9.48 Å². The first-order valence-electron chi connectivity index (χ1n) is 8.19. The highest BCUT2D eigenvalue weighted by molar-refractivity contribution is 6.55. The number of hydrogen-bond acceptors (Lipinski definition) is 2. The molecule has 2 atom stereocenters. The van der Waals surface area contributed by atoms with E-state index in [2.05, 4.69) is 16.1 Å². The fourth-order valence-corrected chi connectivity index (χ4v) is 3.79. The molecule has 3 rings (SSSR count). The fraction of sp³-hybridized carbons (Fsp3) is 0.389. The molecule has 0 spiro atoms. The number of aromatic nitrogens is 2. The number of amides is 1. The van der Waals surface area contributed by atoms with Gasteiger partial charge in [0.05, 0.1) is 5.56 Å². The van der Waals surface area contributed by atoms with Gasteiger partial charge in [0.15, 0.2) is 0 Å². The first-order chi connectivity index (χ1) is 12.4. The van der Waals surface area contributed by atoms with Crippen LogP contribution in [0, 0.1) is 11.8 Å². The van der Waals surface area contributed by atoms with Crippen LogP contribution in [0.5, 0.6) is 0 Å². The number of nitrogens with zero attached hydrogens (tertiary/aromatic N) is 2. The average molecular weight is 400 g/mol. The molecule has 0 aromatic carbocycles. The number of rotatable bonds is 3. The molecule has 1 aromatic heterocycles. The van der Waals surface area contributed by atoms with E-state index < -0.39 is 18.0 Å². The SMILES string of the molecule is Cn1cc(C(=O)NC2=CC=CC3C(=C=C(Cl)Cl)CCCC23)c(C(F)F)n1. The normalized spacial score (nSPS) is 21.9. The number of alkyl halides is 2. The van der Waals surface area contributed by atoms with Gasteiger partial charge in [0.25, 0.3) is 12.3 Å². The summed E-state index contributed by atoms with van der Waals surface area (Å²) in [6.07, 6.45) is 6.74. The molecule has 0 aliphatic heterocycles. The minimum Gasteiger partial charge on any atom is -0.325 e. The molecule has 0 saturated heterocycles. The van der Waals surface area contributed by atoms with Gasteiger partial charge >= 0.3 is 0 Å². The lowest BCUT2D eigenvalue weighted by atomic mass is 9.72. The molecule has 26 heavy (non-hydrogen) atoms. The van der Waals surface area contributed by atoms with Crippen molar-refractivity contribution in [3.05, 3.63) is 57.2 Å². The van der Waals surface area contributed by atoms with Crippen LogP contribution in [0.25, 0.3) is 0 Å². The van der Waals surface area contributed by atoms with Crippen LogP contribution < -0.4 is 5.32 Å². The van der Waals surface area contributed by atoms with E-state index in [9.17, 15) is 13.6 Å². The molecule has 2 unspecified atom stereocenters. The van der Waals surface area contributed by atoms with E-state index >= 15 is 0 Å². The van der Waals surface area contributed by atoms with Crippen LogP contribution in [0.2, 0.25) is 0 Å². The lowest BCUT2D eigenvalue weighted by Gasteiger charge is -2.34. The Balaban J connectivity index is 1.85. The first-order valence-corrected chi connectivity index (χ1v) is 8.94. The second-order valence-corrected chi connectivity index (χ2v) is 7.25. The van der Waals surface area contributed by atoms with E-state index in [1.807, 2.05) is 12.2 Å². The molecule has 2 aliphatic rings. The summed E-state index contributed by atoms with van der Waals surface area (Å²) in [6.45, 7) is 0. The number of aryl methyl sites for hydroxylation is 1. The van der Waals surface area contributed by atoms with Gasteiger partial charge in [0, 0.05) is 30.8 Å². The molecule has 1 heterocycles. The third kappa shape index (κ3) is 3.93. The van der Waals surface area contributed by atoms with Gasteiger partial charge in [-0.1, -0.05) is 41.1 Å². The predicted octanol–water partition coefficient (Wildman–Crippen LogP) is 4.80. The van der Waals surface area contributed by atoms with Crippen molar-refractivity contribution in [2.45, 2.75) is 25.7 Å². The topological polar surface area (TPSA) is 46.9 Å². The Kier molecular flexibility index (Phi) is 5.66. The number of nitrogens with one attached hydrogen (secondary N) is 1. The summed E-state index contributed by atoms with van der Waals surface area (Å²) >= 11 is 11.5. The van der Waals surface area contributed by atoms with Crippen molar-refractivity contribution in [1.82, 2.24) is 15.1 Å². The number of hydrogen-bond donors (Lipinski definition) is 1. The van der Waals surface area contributed by atoms with E-state index in [0.717, 1.165) is 24.8 Å². The summed E-state index contributed by atoms with van der Waals surface area (Å²) in [4.78, 5) is 12.6. The van der Waals surface area contributed by atoms with Gasteiger partial charge in [-0.05, 0) is 30.9 Å². The number of fused-ring (bicyclic) bond motifs is 1. The molecule has 2 aliphatic carbocycles. The van der Waals surface area contributed by atoms with Crippen molar-refractivity contribution in [3.63, 3.8) is 0 Å². The van der Waals surface area contributed by atoms with Crippen molar-refractivity contribution in [1.29, 1.82) is 0 Å². The zero-order chi connectivity index (χ0) is 18.8. The van der Waals surface area contributed by atoms with Gasteiger partial charge in [-0.25, -0.2) is 8.78 Å². The van der Waals surface area contributed by atoms with E-state index in [1.54, 1.807) is 6.08 Å². The second-order valence-electron chi connectivity index (χ2n) is 6.30. The van der Waals surface area contributed by atoms with Crippen LogP contribution in [0.3, 0.4) is 0 Å². The van der Waals surface area contributed by atoms with Crippen LogP contribution in [-0.4, -0.2) is 15.7 Å². The fourth-order valence-electron chi connectivity index (χ4n) is 3.55. The Morgan fingerprint density at radius 2 is 2.23 bits per heavy atom. The molecular weight excluding hydrogens is 383 g/mol. The highest BCUT2D eigenvalue weighted by Crippen LogP contribution is 2.40. The molecule has 1 N–H and O–H groups in total. The lowest BCUT2D eigenvalue weighted by Crippen LogP contribution is -2.34. The smallest absolute Gasteiger partial charge is 0.282 e. The summed E-state index contributed by atoms with van der Waals surface area (Å²) in [7, 11) is 1.50. The van der Waals surface area contributed by atoms with Crippen LogP contribution >= 0.6 is 23.2 Å². The van der Waals surface area contributed by atoms with Crippen LogP contribution in [-0.2, 0) is 7.05 Å². The van der Waals surface area contributed by atoms with Crippen LogP contribution in [0.1, 0.15) is 41.7 Å². The highest BCUT2D eigenvalue weighted by Gasteiger charge is 2.33. The largest absolute Gasteiger partial charge is 0.325 e. The molecular formula is C18H17Cl2F2N3O. The lowest BCUT2D eigenvalue weighted by molar-refractivity contribution is 0.0944. The number of halogens is 4. The molecule has 1 saturated carbocycles. The third-order valence-electron chi connectivity index (χ3n) is 4.61. The Labute approximate surface area is 159 Å². The predicted molar refractivity (Wildman–Crippen MR) is 95.9 cm³/mol. The van der Waals surface area contributed by atoms with Gasteiger partial charge in [0.2, 0.25) is 0 Å². The summed E-state index contributed by atoms with van der Waals surface area (Å²) < 4.78 is 27.5. The molecule has 8 heteroatoms. The number of allylic oxidation sites excluding steroid dienone is 5. The van der Waals surface area contributed by atoms with E-state index in [-0.39, 0.29) is 21.9 Å². The molecule has 0 radical (unpaired) electrons. The minimum atomic E-state index is -2.81. The van der Waals surface area contributed by atoms with E-state index in [0.29, 0.717) is 5.70 Å². The molecule has 0 bridgehead atoms. The second kappa shape index (κ2) is 7.78. The summed E-state index contributed by atoms with van der Waals surface area (Å²) in [5.74, 6) is -0.532. The van der Waals surface area contributed by atoms with Crippen LogP contribution in [0.15, 0.2) is 45.9 Å². The van der Waals surface area contributed by atoms with E-state index in [1.165, 1.54) is 17.9 Å². The van der Waals surface area contributed by atoms with Gasteiger partial charge in [-0.15, -0.1) is 0 Å².